The zero-order valence-corrected chi connectivity index (χ0v) is 11.5. The predicted molar refractivity (Wildman–Crippen MR) is 65.0 cm³/mol. The Balaban J connectivity index is 5.30. The van der Waals surface area contributed by atoms with Crippen LogP contribution in [0.3, 0.4) is 0 Å². The van der Waals surface area contributed by atoms with E-state index in [1.807, 2.05) is 0 Å². The molecule has 0 aliphatic rings. The normalized spacial score (nSPS) is 13.7. The van der Waals surface area contributed by atoms with E-state index in [0.717, 1.165) is 0 Å². The van der Waals surface area contributed by atoms with Gasteiger partial charge in [0.15, 0.2) is 5.78 Å². The summed E-state index contributed by atoms with van der Waals surface area (Å²) in [6.45, 7) is 8.10. The maximum atomic E-state index is 12.0. The lowest BCUT2D eigenvalue weighted by Gasteiger charge is -2.32. The molecule has 0 aromatic rings. The molecule has 1 unspecified atom stereocenters. The van der Waals surface area contributed by atoms with Gasteiger partial charge in [-0.25, -0.2) is 9.59 Å². The summed E-state index contributed by atoms with van der Waals surface area (Å²) in [5.41, 5.74) is -1.69. The molecule has 0 aliphatic carbocycles. The first kappa shape index (κ1) is 16.4. The van der Waals surface area contributed by atoms with Crippen molar-refractivity contribution >= 4 is 17.8 Å². The second-order valence-corrected chi connectivity index (χ2v) is 4.08. The Bertz CT molecular complexity index is 326. The molecule has 0 fully saturated rings. The van der Waals surface area contributed by atoms with E-state index in [1.165, 1.54) is 6.92 Å². The molecule has 1 N–H and O–H groups in total. The van der Waals surface area contributed by atoms with Gasteiger partial charge in [0.1, 0.15) is 0 Å². The second-order valence-electron chi connectivity index (χ2n) is 4.08. The van der Waals surface area contributed by atoms with Crippen LogP contribution in [-0.2, 0) is 19.1 Å². The third-order valence-corrected chi connectivity index (χ3v) is 2.59. The minimum atomic E-state index is -1.69. The number of ketones is 1. The summed E-state index contributed by atoms with van der Waals surface area (Å²) in [5.74, 6) is -1.69. The van der Waals surface area contributed by atoms with E-state index in [-0.39, 0.29) is 13.2 Å². The number of rotatable bonds is 6. The molecule has 0 heterocycles. The van der Waals surface area contributed by atoms with Crippen LogP contribution in [0, 0.1) is 5.92 Å². The number of hydrogen-bond acceptors (Lipinski definition) is 5. The third-order valence-electron chi connectivity index (χ3n) is 2.59. The average molecular weight is 259 g/mol. The summed E-state index contributed by atoms with van der Waals surface area (Å²) in [7, 11) is 0. The smallest absolute Gasteiger partial charge is 0.408 e. The van der Waals surface area contributed by atoms with Gasteiger partial charge in [-0.2, -0.15) is 0 Å². The Morgan fingerprint density at radius 3 is 1.94 bits per heavy atom. The summed E-state index contributed by atoms with van der Waals surface area (Å²) in [5, 5.41) is 2.33. The molecule has 1 amide bonds. The highest BCUT2D eigenvalue weighted by molar-refractivity contribution is 6.09. The zero-order valence-electron chi connectivity index (χ0n) is 11.5. The first-order valence-electron chi connectivity index (χ1n) is 5.96. The summed E-state index contributed by atoms with van der Waals surface area (Å²) >= 11 is 0. The Kier molecular flexibility index (Phi) is 6.36. The molecule has 0 spiro atoms. The van der Waals surface area contributed by atoms with Gasteiger partial charge in [-0.3, -0.25) is 10.1 Å². The number of Topliss-reactive ketones (excluding diaryl/α,β-unsaturated/α-hetero) is 1. The number of hydrogen-bond donors (Lipinski definition) is 1. The quantitative estimate of drug-likeness (QED) is 0.574. The number of carbonyl (C=O) groups is 3. The fraction of sp³-hybridized carbons (Fsp3) is 0.750. The maximum Gasteiger partial charge on any atom is 0.408 e. The summed E-state index contributed by atoms with van der Waals surface area (Å²) < 4.78 is 9.59. The fourth-order valence-corrected chi connectivity index (χ4v) is 1.64. The molecule has 104 valence electrons. The van der Waals surface area contributed by atoms with Crippen molar-refractivity contribution in [3.05, 3.63) is 0 Å². The van der Waals surface area contributed by atoms with Gasteiger partial charge in [0, 0.05) is 0 Å². The highest BCUT2D eigenvalue weighted by Gasteiger charge is 2.49. The van der Waals surface area contributed by atoms with Gasteiger partial charge in [-0.15, -0.1) is 0 Å². The molecule has 1 atom stereocenters. The highest BCUT2D eigenvalue weighted by Crippen LogP contribution is 2.21. The largest absolute Gasteiger partial charge is 0.464 e. The van der Waals surface area contributed by atoms with Gasteiger partial charge in [0.05, 0.1) is 13.2 Å². The van der Waals surface area contributed by atoms with Crippen LogP contribution in [0.25, 0.3) is 0 Å². The number of alkyl carbamates (subject to hydrolysis) is 1. The minimum absolute atomic E-state index is 0.130. The average Bonchev–Trinajstić information content (AvgIpc) is 2.25. The van der Waals surface area contributed by atoms with Crippen molar-refractivity contribution in [2.45, 2.75) is 40.2 Å². The van der Waals surface area contributed by atoms with Crippen molar-refractivity contribution in [2.24, 2.45) is 5.92 Å². The van der Waals surface area contributed by atoms with Gasteiger partial charge in [-0.05, 0) is 26.7 Å². The number of ether oxygens (including phenoxy) is 2. The van der Waals surface area contributed by atoms with Crippen LogP contribution in [0.4, 0.5) is 4.79 Å². The van der Waals surface area contributed by atoms with Crippen LogP contribution >= 0.6 is 0 Å². The molecule has 0 bridgehead atoms. The Morgan fingerprint density at radius 2 is 1.61 bits per heavy atom. The molecule has 0 aromatic carbocycles. The first-order valence-corrected chi connectivity index (χ1v) is 5.96. The number of amides is 1. The van der Waals surface area contributed by atoms with Crippen LogP contribution in [0.1, 0.15) is 34.6 Å². The van der Waals surface area contributed by atoms with Gasteiger partial charge >= 0.3 is 12.1 Å². The fourth-order valence-electron chi connectivity index (χ4n) is 1.64. The van der Waals surface area contributed by atoms with E-state index < -0.39 is 29.3 Å². The molecule has 18 heavy (non-hydrogen) atoms. The molecule has 6 heteroatoms. The molecular weight excluding hydrogens is 238 g/mol. The van der Waals surface area contributed by atoms with Crippen molar-refractivity contribution in [1.82, 2.24) is 5.32 Å². The molecule has 0 aromatic heterocycles. The van der Waals surface area contributed by atoms with Crippen molar-refractivity contribution < 1.29 is 23.9 Å². The topological polar surface area (TPSA) is 81.7 Å². The SMILES string of the molecule is CCOC(=O)NC(C(C)=O)(C(=O)OCC)C(C)C. The summed E-state index contributed by atoms with van der Waals surface area (Å²) in [4.78, 5) is 35.2. The van der Waals surface area contributed by atoms with Crippen molar-refractivity contribution in [3.63, 3.8) is 0 Å². The van der Waals surface area contributed by atoms with E-state index in [0.29, 0.717) is 0 Å². The summed E-state index contributed by atoms with van der Waals surface area (Å²) in [6, 6.07) is 0. The summed E-state index contributed by atoms with van der Waals surface area (Å²) in [6.07, 6.45) is -0.811. The monoisotopic (exact) mass is 259 g/mol. The van der Waals surface area contributed by atoms with Crippen molar-refractivity contribution in [3.8, 4) is 0 Å². The molecule has 0 saturated heterocycles. The van der Waals surface area contributed by atoms with Crippen LogP contribution < -0.4 is 5.32 Å². The predicted octanol–water partition coefficient (Wildman–Crippen LogP) is 1.28. The zero-order chi connectivity index (χ0) is 14.3. The third kappa shape index (κ3) is 3.45. The van der Waals surface area contributed by atoms with Crippen molar-refractivity contribution in [1.29, 1.82) is 0 Å². The lowest BCUT2D eigenvalue weighted by atomic mass is 9.83. The number of nitrogens with one attached hydrogen (secondary N) is 1. The van der Waals surface area contributed by atoms with Crippen molar-refractivity contribution in [2.75, 3.05) is 13.2 Å². The van der Waals surface area contributed by atoms with Crippen LogP contribution in [0.2, 0.25) is 0 Å². The molecule has 0 radical (unpaired) electrons. The molecule has 0 rings (SSSR count). The van der Waals surface area contributed by atoms with Crippen LogP contribution in [-0.4, -0.2) is 36.6 Å². The van der Waals surface area contributed by atoms with E-state index in [1.54, 1.807) is 27.7 Å². The van der Waals surface area contributed by atoms with Crippen LogP contribution in [0.15, 0.2) is 0 Å². The van der Waals surface area contributed by atoms with Gasteiger partial charge in [-0.1, -0.05) is 13.8 Å². The van der Waals surface area contributed by atoms with E-state index in [2.05, 4.69) is 5.32 Å². The van der Waals surface area contributed by atoms with Gasteiger partial charge < -0.3 is 9.47 Å². The molecule has 0 saturated carbocycles. The van der Waals surface area contributed by atoms with E-state index >= 15 is 0 Å². The Hall–Kier alpha value is -1.59. The number of esters is 1. The van der Waals surface area contributed by atoms with Gasteiger partial charge in [0.25, 0.3) is 0 Å². The lowest BCUT2D eigenvalue weighted by Crippen LogP contribution is -2.63. The molecule has 0 aliphatic heterocycles. The lowest BCUT2D eigenvalue weighted by molar-refractivity contribution is -0.157. The first-order chi connectivity index (χ1) is 8.32. The standard InChI is InChI=1S/C12H21NO5/c1-6-17-10(15)12(8(3)4,9(5)14)13-11(16)18-7-2/h8H,6-7H2,1-5H3,(H,13,16). The molecule has 6 nitrogen and oxygen atoms in total. The highest BCUT2D eigenvalue weighted by atomic mass is 16.6. The van der Waals surface area contributed by atoms with Gasteiger partial charge in [0.2, 0.25) is 5.54 Å². The van der Waals surface area contributed by atoms with E-state index in [9.17, 15) is 14.4 Å². The minimum Gasteiger partial charge on any atom is -0.464 e. The number of carbonyl (C=O) groups excluding carboxylic acids is 3. The molecular formula is C12H21NO5. The Morgan fingerprint density at radius 1 is 1.11 bits per heavy atom. The maximum absolute atomic E-state index is 12.0. The van der Waals surface area contributed by atoms with E-state index in [4.69, 9.17) is 9.47 Å². The Labute approximate surface area is 107 Å². The second kappa shape index (κ2) is 6.98. The van der Waals surface area contributed by atoms with Crippen LogP contribution in [0.5, 0.6) is 0 Å².